The van der Waals surface area contributed by atoms with E-state index in [1.807, 2.05) is 48.5 Å². The molecule has 1 aliphatic heterocycles. The lowest BCUT2D eigenvalue weighted by atomic mass is 9.77. The fourth-order valence-electron chi connectivity index (χ4n) is 4.94. The zero-order valence-electron chi connectivity index (χ0n) is 20.2. The standard InChI is InChI=1S/C30H24Cl2F2N2OS/c31-23-11-4-20(5-12-23)18-22-2-1-3-26-28(22)35-36(29(26)21-9-13-24(32)14-10-21)27(37)17-8-19-6-15-25(16-7-19)38-30(33)34/h4-18,26,29-30H,1-3H2/b17-8-,22-18-/t26-,29+/m1/s1. The number of carbonyl (C=O) groups is 1. The number of rotatable bonds is 6. The molecule has 1 fully saturated rings. The van der Waals surface area contributed by atoms with Gasteiger partial charge in [-0.05, 0) is 90.1 Å². The molecule has 5 rings (SSSR count). The Kier molecular flexibility index (Phi) is 8.32. The Morgan fingerprint density at radius 2 is 1.58 bits per heavy atom. The van der Waals surface area contributed by atoms with E-state index in [1.165, 1.54) is 6.08 Å². The molecule has 2 aliphatic rings. The molecule has 0 spiro atoms. The van der Waals surface area contributed by atoms with Crippen LogP contribution in [0.1, 0.15) is 42.0 Å². The van der Waals surface area contributed by atoms with Crippen molar-refractivity contribution in [1.29, 1.82) is 0 Å². The van der Waals surface area contributed by atoms with Crippen molar-refractivity contribution in [2.45, 2.75) is 36.0 Å². The summed E-state index contributed by atoms with van der Waals surface area (Å²) in [6.45, 7) is 0. The van der Waals surface area contributed by atoms with Gasteiger partial charge in [0.2, 0.25) is 0 Å². The normalized spacial score (nSPS) is 20.3. The van der Waals surface area contributed by atoms with Crippen molar-refractivity contribution in [1.82, 2.24) is 5.01 Å². The Morgan fingerprint density at radius 1 is 0.947 bits per heavy atom. The minimum Gasteiger partial charge on any atom is -0.268 e. The van der Waals surface area contributed by atoms with Crippen molar-refractivity contribution in [3.8, 4) is 0 Å². The van der Waals surface area contributed by atoms with Gasteiger partial charge in [0, 0.05) is 26.9 Å². The van der Waals surface area contributed by atoms with E-state index < -0.39 is 5.76 Å². The van der Waals surface area contributed by atoms with Gasteiger partial charge in [-0.1, -0.05) is 71.4 Å². The molecule has 1 saturated carbocycles. The highest BCUT2D eigenvalue weighted by atomic mass is 35.5. The zero-order chi connectivity index (χ0) is 26.6. The number of allylic oxidation sites excluding steroid dienone is 1. The second-order valence-electron chi connectivity index (χ2n) is 9.17. The summed E-state index contributed by atoms with van der Waals surface area (Å²) in [4.78, 5) is 14.0. The Labute approximate surface area is 234 Å². The highest BCUT2D eigenvalue weighted by Gasteiger charge is 2.43. The van der Waals surface area contributed by atoms with Crippen LogP contribution in [0.5, 0.6) is 0 Å². The van der Waals surface area contributed by atoms with Gasteiger partial charge >= 0.3 is 0 Å². The Hall–Kier alpha value is -2.93. The highest BCUT2D eigenvalue weighted by Crippen LogP contribution is 2.44. The van der Waals surface area contributed by atoms with Crippen molar-refractivity contribution in [2.75, 3.05) is 0 Å². The van der Waals surface area contributed by atoms with Gasteiger partial charge in [-0.2, -0.15) is 13.9 Å². The fraction of sp³-hybridized carbons (Fsp3) is 0.200. The molecule has 2 atom stereocenters. The first kappa shape index (κ1) is 26.7. The van der Waals surface area contributed by atoms with Crippen LogP contribution in [-0.2, 0) is 4.79 Å². The number of alkyl halides is 2. The van der Waals surface area contributed by atoms with Crippen LogP contribution < -0.4 is 0 Å². The number of nitrogens with zero attached hydrogens (tertiary/aromatic N) is 2. The SMILES string of the molecule is O=C(/C=C\c1ccc(SC(F)F)cc1)N1N=C2/C(=C\c3ccc(Cl)cc3)CCC[C@H]2[C@@H]1c1ccc(Cl)cc1. The number of hydrogen-bond acceptors (Lipinski definition) is 3. The third kappa shape index (κ3) is 6.20. The van der Waals surface area contributed by atoms with E-state index in [4.69, 9.17) is 28.3 Å². The molecule has 0 bridgehead atoms. The fourth-order valence-corrected chi connectivity index (χ4v) is 5.69. The van der Waals surface area contributed by atoms with Crippen molar-refractivity contribution in [3.05, 3.63) is 111 Å². The Balaban J connectivity index is 1.45. The third-order valence-electron chi connectivity index (χ3n) is 6.67. The Bertz CT molecular complexity index is 1390. The lowest BCUT2D eigenvalue weighted by Crippen LogP contribution is -2.30. The van der Waals surface area contributed by atoms with Gasteiger partial charge in [-0.15, -0.1) is 0 Å². The predicted molar refractivity (Wildman–Crippen MR) is 153 cm³/mol. The van der Waals surface area contributed by atoms with Crippen molar-refractivity contribution in [3.63, 3.8) is 0 Å². The number of benzene rings is 3. The molecule has 38 heavy (non-hydrogen) atoms. The summed E-state index contributed by atoms with van der Waals surface area (Å²) in [6, 6.07) is 21.7. The molecule has 3 nitrogen and oxygen atoms in total. The minimum atomic E-state index is -2.47. The zero-order valence-corrected chi connectivity index (χ0v) is 22.6. The van der Waals surface area contributed by atoms with E-state index in [1.54, 1.807) is 35.4 Å². The van der Waals surface area contributed by atoms with E-state index >= 15 is 0 Å². The van der Waals surface area contributed by atoms with Crippen LogP contribution in [0, 0.1) is 5.92 Å². The average Bonchev–Trinajstić information content (AvgIpc) is 3.30. The maximum Gasteiger partial charge on any atom is 0.288 e. The van der Waals surface area contributed by atoms with Crippen LogP contribution in [-0.4, -0.2) is 22.4 Å². The summed E-state index contributed by atoms with van der Waals surface area (Å²) in [5, 5.41) is 7.76. The molecule has 8 heteroatoms. The molecule has 1 amide bonds. The third-order valence-corrected chi connectivity index (χ3v) is 7.90. The molecule has 0 aromatic heterocycles. The van der Waals surface area contributed by atoms with E-state index in [-0.39, 0.29) is 17.9 Å². The second-order valence-corrected chi connectivity index (χ2v) is 11.1. The van der Waals surface area contributed by atoms with Gasteiger partial charge < -0.3 is 0 Å². The number of hydrogen-bond donors (Lipinski definition) is 0. The quantitative estimate of drug-likeness (QED) is 0.219. The second kappa shape index (κ2) is 11.9. The van der Waals surface area contributed by atoms with E-state index in [0.717, 1.165) is 47.2 Å². The van der Waals surface area contributed by atoms with Gasteiger partial charge in [-0.25, -0.2) is 5.01 Å². The van der Waals surface area contributed by atoms with Crippen LogP contribution >= 0.6 is 35.0 Å². The smallest absolute Gasteiger partial charge is 0.268 e. The predicted octanol–water partition coefficient (Wildman–Crippen LogP) is 9.14. The molecule has 0 unspecified atom stereocenters. The minimum absolute atomic E-state index is 0.0616. The summed E-state index contributed by atoms with van der Waals surface area (Å²) < 4.78 is 25.2. The average molecular weight is 570 g/mol. The van der Waals surface area contributed by atoms with E-state index in [2.05, 4.69) is 6.08 Å². The monoisotopic (exact) mass is 568 g/mol. The number of halogens is 4. The van der Waals surface area contributed by atoms with E-state index in [0.29, 0.717) is 26.7 Å². The van der Waals surface area contributed by atoms with Crippen LogP contribution in [0.15, 0.2) is 94.4 Å². The molecular formula is C30H24Cl2F2N2OS. The first-order valence-corrected chi connectivity index (χ1v) is 13.9. The Morgan fingerprint density at radius 3 is 2.24 bits per heavy atom. The molecule has 0 radical (unpaired) electrons. The van der Waals surface area contributed by atoms with Crippen LogP contribution in [0.25, 0.3) is 12.2 Å². The summed E-state index contributed by atoms with van der Waals surface area (Å²) in [5.41, 5.74) is 4.80. The number of hydrazone groups is 1. The maximum absolute atomic E-state index is 13.5. The van der Waals surface area contributed by atoms with E-state index in [9.17, 15) is 13.6 Å². The molecule has 0 saturated heterocycles. The van der Waals surface area contributed by atoms with Crippen molar-refractivity contribution >= 4 is 58.7 Å². The molecular weight excluding hydrogens is 545 g/mol. The van der Waals surface area contributed by atoms with Gasteiger partial charge in [0.05, 0.1) is 11.8 Å². The summed E-state index contributed by atoms with van der Waals surface area (Å²) in [5.74, 6) is -2.66. The maximum atomic E-state index is 13.5. The molecule has 3 aromatic rings. The largest absolute Gasteiger partial charge is 0.288 e. The number of carbonyl (C=O) groups excluding carboxylic acids is 1. The van der Waals surface area contributed by atoms with Crippen molar-refractivity contribution in [2.24, 2.45) is 11.0 Å². The van der Waals surface area contributed by atoms with Gasteiger partial charge in [0.15, 0.2) is 0 Å². The van der Waals surface area contributed by atoms with Gasteiger partial charge in [0.25, 0.3) is 11.7 Å². The first-order chi connectivity index (χ1) is 18.4. The lowest BCUT2D eigenvalue weighted by Gasteiger charge is -2.29. The molecule has 1 heterocycles. The summed E-state index contributed by atoms with van der Waals surface area (Å²) >= 11 is 12.7. The van der Waals surface area contributed by atoms with Crippen LogP contribution in [0.4, 0.5) is 8.78 Å². The molecule has 0 N–H and O–H groups in total. The first-order valence-electron chi connectivity index (χ1n) is 12.2. The van der Waals surface area contributed by atoms with Crippen molar-refractivity contribution < 1.29 is 13.6 Å². The molecule has 3 aromatic carbocycles. The molecule has 1 aliphatic carbocycles. The number of fused-ring (bicyclic) bond motifs is 1. The summed E-state index contributed by atoms with van der Waals surface area (Å²) in [6.07, 6.45) is 8.09. The lowest BCUT2D eigenvalue weighted by molar-refractivity contribution is -0.128. The van der Waals surface area contributed by atoms with Crippen LogP contribution in [0.3, 0.4) is 0 Å². The molecule has 194 valence electrons. The topological polar surface area (TPSA) is 32.7 Å². The number of amides is 1. The highest BCUT2D eigenvalue weighted by molar-refractivity contribution is 7.99. The van der Waals surface area contributed by atoms with Crippen LogP contribution in [0.2, 0.25) is 10.0 Å². The van der Waals surface area contributed by atoms with Gasteiger partial charge in [-0.3, -0.25) is 4.79 Å². The van der Waals surface area contributed by atoms with Gasteiger partial charge in [0.1, 0.15) is 0 Å². The summed E-state index contributed by atoms with van der Waals surface area (Å²) in [7, 11) is 0. The number of thioether (sulfide) groups is 1.